The third-order valence-electron chi connectivity index (χ3n) is 4.42. The number of sulfone groups is 1. The minimum absolute atomic E-state index is 0.0558. The maximum atomic E-state index is 12.1. The van der Waals surface area contributed by atoms with Crippen molar-refractivity contribution in [1.82, 2.24) is 5.48 Å². The van der Waals surface area contributed by atoms with Gasteiger partial charge >= 0.3 is 6.09 Å². The lowest BCUT2D eigenvalue weighted by atomic mass is 10.0. The highest BCUT2D eigenvalue weighted by Crippen LogP contribution is 2.30. The van der Waals surface area contributed by atoms with E-state index in [4.69, 9.17) is 15.2 Å². The van der Waals surface area contributed by atoms with Crippen LogP contribution >= 0.6 is 0 Å². The number of nitriles is 1. The van der Waals surface area contributed by atoms with Crippen molar-refractivity contribution < 1.29 is 28.0 Å². The van der Waals surface area contributed by atoms with Gasteiger partial charge in [0.1, 0.15) is 6.10 Å². The molecule has 0 aliphatic carbocycles. The largest absolute Gasteiger partial charge is 0.444 e. The summed E-state index contributed by atoms with van der Waals surface area (Å²) in [4.78, 5) is 25.3. The van der Waals surface area contributed by atoms with E-state index in [1.54, 1.807) is 24.3 Å². The second-order valence-electron chi connectivity index (χ2n) is 6.27. The van der Waals surface area contributed by atoms with Crippen LogP contribution in [0.15, 0.2) is 24.3 Å². The molecule has 1 saturated heterocycles. The van der Waals surface area contributed by atoms with Crippen molar-refractivity contribution in [1.29, 1.82) is 5.26 Å². The van der Waals surface area contributed by atoms with E-state index in [1.807, 2.05) is 6.07 Å². The first-order chi connectivity index (χ1) is 12.1. The van der Waals surface area contributed by atoms with Gasteiger partial charge in [0.25, 0.3) is 5.91 Å². The van der Waals surface area contributed by atoms with E-state index in [2.05, 4.69) is 0 Å². The lowest BCUT2D eigenvalue weighted by molar-refractivity contribution is -0.132. The van der Waals surface area contributed by atoms with E-state index >= 15 is 0 Å². The highest BCUT2D eigenvalue weighted by atomic mass is 32.2. The highest BCUT2D eigenvalue weighted by molar-refractivity contribution is 7.92. The van der Waals surface area contributed by atoms with Gasteiger partial charge in [0.05, 0.1) is 19.0 Å². The lowest BCUT2D eigenvalue weighted by Crippen LogP contribution is -2.51. The molecule has 1 aromatic carbocycles. The summed E-state index contributed by atoms with van der Waals surface area (Å²) in [6.07, 6.45) is -0.685. The molecule has 2 amide bonds. The van der Waals surface area contributed by atoms with Gasteiger partial charge in [-0.2, -0.15) is 5.26 Å². The zero-order valence-corrected chi connectivity index (χ0v) is 15.1. The number of anilines is 1. The highest BCUT2D eigenvalue weighted by Gasteiger charge is 2.48. The Morgan fingerprint density at radius 3 is 2.58 bits per heavy atom. The lowest BCUT2D eigenvalue weighted by Gasteiger charge is -2.26. The van der Waals surface area contributed by atoms with Gasteiger partial charge in [-0.25, -0.2) is 18.7 Å². The molecule has 0 saturated carbocycles. The van der Waals surface area contributed by atoms with Crippen LogP contribution in [0.2, 0.25) is 0 Å². The van der Waals surface area contributed by atoms with Crippen molar-refractivity contribution in [2.45, 2.75) is 30.6 Å². The van der Waals surface area contributed by atoms with Crippen LogP contribution in [0.4, 0.5) is 10.5 Å². The van der Waals surface area contributed by atoms with Gasteiger partial charge in [-0.15, -0.1) is 0 Å². The molecule has 2 atom stereocenters. The summed E-state index contributed by atoms with van der Waals surface area (Å²) in [5.41, 5.74) is 2.69. The SMILES string of the molecule is C[C@@](C[C@H]1CN(c2ccc(CC#N)cc2)C(=O)O1)(C(=O)NO)S(C)(=O)=O. The van der Waals surface area contributed by atoms with Gasteiger partial charge in [0, 0.05) is 18.4 Å². The van der Waals surface area contributed by atoms with Crippen molar-refractivity contribution in [3.63, 3.8) is 0 Å². The Morgan fingerprint density at radius 1 is 1.46 bits per heavy atom. The molecule has 0 aromatic heterocycles. The van der Waals surface area contributed by atoms with Crippen molar-refractivity contribution in [3.8, 4) is 6.07 Å². The average Bonchev–Trinajstić information content (AvgIpc) is 2.94. The Morgan fingerprint density at radius 2 is 2.08 bits per heavy atom. The minimum Gasteiger partial charge on any atom is -0.444 e. The fraction of sp³-hybridized carbons (Fsp3) is 0.438. The number of nitrogens with one attached hydrogen (secondary N) is 1. The second-order valence-corrected chi connectivity index (χ2v) is 8.71. The first-order valence-electron chi connectivity index (χ1n) is 7.70. The number of carbonyl (C=O) groups excluding carboxylic acids is 2. The predicted octanol–water partition coefficient (Wildman–Crippen LogP) is 0.777. The summed E-state index contributed by atoms with van der Waals surface area (Å²) in [6.45, 7) is 1.22. The number of amides is 2. The van der Waals surface area contributed by atoms with Crippen LogP contribution in [0.1, 0.15) is 18.9 Å². The number of hydroxylamine groups is 1. The zero-order valence-electron chi connectivity index (χ0n) is 14.3. The quantitative estimate of drug-likeness (QED) is 0.548. The maximum Gasteiger partial charge on any atom is 0.414 e. The molecule has 1 heterocycles. The molecule has 1 aliphatic heterocycles. The number of ether oxygens (including phenoxy) is 1. The molecule has 2 N–H and O–H groups in total. The van der Waals surface area contributed by atoms with Crippen molar-refractivity contribution in [2.75, 3.05) is 17.7 Å². The zero-order chi connectivity index (χ0) is 19.5. The van der Waals surface area contributed by atoms with Crippen LogP contribution in [0, 0.1) is 11.3 Å². The predicted molar refractivity (Wildman–Crippen MR) is 91.2 cm³/mol. The first kappa shape index (κ1) is 19.7. The van der Waals surface area contributed by atoms with Crippen LogP contribution in [0.3, 0.4) is 0 Å². The van der Waals surface area contributed by atoms with Crippen molar-refractivity contribution >= 4 is 27.5 Å². The van der Waals surface area contributed by atoms with Crippen LogP contribution in [0.25, 0.3) is 0 Å². The number of rotatable bonds is 6. The molecule has 1 fully saturated rings. The fourth-order valence-electron chi connectivity index (χ4n) is 2.69. The van der Waals surface area contributed by atoms with E-state index in [0.717, 1.165) is 11.8 Å². The monoisotopic (exact) mass is 381 g/mol. The number of benzene rings is 1. The van der Waals surface area contributed by atoms with Gasteiger partial charge in [0.15, 0.2) is 14.6 Å². The van der Waals surface area contributed by atoms with Gasteiger partial charge < -0.3 is 4.74 Å². The van der Waals surface area contributed by atoms with Gasteiger partial charge in [-0.3, -0.25) is 14.9 Å². The third kappa shape index (κ3) is 3.79. The summed E-state index contributed by atoms with van der Waals surface area (Å²) >= 11 is 0. The molecule has 0 spiro atoms. The minimum atomic E-state index is -3.89. The molecule has 1 aliphatic rings. The summed E-state index contributed by atoms with van der Waals surface area (Å²) in [7, 11) is -3.89. The van der Waals surface area contributed by atoms with E-state index in [9.17, 15) is 18.0 Å². The second kappa shape index (κ2) is 7.31. The molecule has 140 valence electrons. The summed E-state index contributed by atoms with van der Waals surface area (Å²) < 4.78 is 27.3. The van der Waals surface area contributed by atoms with Crippen LogP contribution in [0.5, 0.6) is 0 Å². The molecular weight excluding hydrogens is 362 g/mol. The van der Waals surface area contributed by atoms with Gasteiger partial charge in [-0.1, -0.05) is 12.1 Å². The maximum absolute atomic E-state index is 12.1. The van der Waals surface area contributed by atoms with E-state index in [1.165, 1.54) is 17.3 Å². The third-order valence-corrected chi connectivity index (χ3v) is 6.41. The van der Waals surface area contributed by atoms with E-state index in [-0.39, 0.29) is 19.4 Å². The standard InChI is InChI=1S/C16H19N3O6S/c1-16(14(20)18-22,26(2,23)24)9-13-10-19(15(21)25-13)12-5-3-11(4-6-12)7-8-17/h3-6,13,22H,7,9-10H2,1-2H3,(H,18,20)/t13-,16+/m0/s1. The van der Waals surface area contributed by atoms with Crippen molar-refractivity contribution in [2.24, 2.45) is 0 Å². The number of hydrogen-bond donors (Lipinski definition) is 2. The number of hydrogen-bond acceptors (Lipinski definition) is 7. The number of nitrogens with zero attached hydrogens (tertiary/aromatic N) is 2. The molecule has 0 radical (unpaired) electrons. The van der Waals surface area contributed by atoms with Gasteiger partial charge in [-0.05, 0) is 24.6 Å². The Balaban J connectivity index is 2.18. The Kier molecular flexibility index (Phi) is 5.53. The topological polar surface area (TPSA) is 137 Å². The number of carbonyl (C=O) groups is 2. The summed E-state index contributed by atoms with van der Waals surface area (Å²) in [5.74, 6) is -1.09. The molecular formula is C16H19N3O6S. The molecule has 10 heteroatoms. The molecule has 0 unspecified atom stereocenters. The van der Waals surface area contributed by atoms with Crippen LogP contribution in [-0.2, 0) is 25.8 Å². The molecule has 1 aromatic rings. The Labute approximate surface area is 151 Å². The van der Waals surface area contributed by atoms with E-state index < -0.39 is 32.7 Å². The Hall–Kier alpha value is -2.64. The average molecular weight is 381 g/mol. The molecule has 9 nitrogen and oxygen atoms in total. The first-order valence-corrected chi connectivity index (χ1v) is 9.59. The molecule has 0 bridgehead atoms. The molecule has 26 heavy (non-hydrogen) atoms. The normalized spacial score (nSPS) is 19.4. The number of cyclic esters (lactones) is 1. The van der Waals surface area contributed by atoms with E-state index in [0.29, 0.717) is 5.69 Å². The summed E-state index contributed by atoms with van der Waals surface area (Å²) in [5, 5.41) is 17.5. The molecule has 2 rings (SSSR count). The van der Waals surface area contributed by atoms with Crippen molar-refractivity contribution in [3.05, 3.63) is 29.8 Å². The fourth-order valence-corrected chi connectivity index (χ4v) is 3.56. The van der Waals surface area contributed by atoms with Gasteiger partial charge in [0.2, 0.25) is 0 Å². The summed E-state index contributed by atoms with van der Waals surface area (Å²) in [6, 6.07) is 8.76. The smallest absolute Gasteiger partial charge is 0.414 e. The van der Waals surface area contributed by atoms with Crippen LogP contribution < -0.4 is 10.4 Å². The van der Waals surface area contributed by atoms with Crippen LogP contribution in [-0.4, -0.2) is 49.3 Å². The Bertz CT molecular complexity index is 846.